The van der Waals surface area contributed by atoms with E-state index in [0.717, 1.165) is 43.3 Å². The van der Waals surface area contributed by atoms with Crippen molar-refractivity contribution >= 4 is 11.9 Å². The molecule has 5 heteroatoms. The smallest absolute Gasteiger partial charge is 0.303 e. The van der Waals surface area contributed by atoms with Crippen LogP contribution in [0.2, 0.25) is 0 Å². The van der Waals surface area contributed by atoms with E-state index in [0.29, 0.717) is 12.1 Å². The van der Waals surface area contributed by atoms with Crippen LogP contribution < -0.4 is 5.32 Å². The lowest BCUT2D eigenvalue weighted by molar-refractivity contribution is -0.890. The molecule has 0 spiro atoms. The van der Waals surface area contributed by atoms with Crippen LogP contribution in [-0.4, -0.2) is 55.2 Å². The number of quaternary nitrogens is 1. The summed E-state index contributed by atoms with van der Waals surface area (Å²) < 4.78 is 0.899. The Morgan fingerprint density at radius 3 is 2.25 bits per heavy atom. The second-order valence-electron chi connectivity index (χ2n) is 5.98. The van der Waals surface area contributed by atoms with Crippen molar-refractivity contribution in [3.8, 4) is 0 Å². The first kappa shape index (κ1) is 18.6. The van der Waals surface area contributed by atoms with Crippen LogP contribution in [0.4, 0.5) is 0 Å². The highest BCUT2D eigenvalue weighted by molar-refractivity contribution is 5.91. The van der Waals surface area contributed by atoms with Crippen molar-refractivity contribution in [3.63, 3.8) is 0 Å². The number of nitrogens with zero attached hydrogens (tertiary/aromatic N) is 1. The molecule has 0 aliphatic carbocycles. The Bertz CT molecular complexity index is 338. The number of carbonyl (C=O) groups excluding carboxylic acids is 1. The lowest BCUT2D eigenvalue weighted by Gasteiger charge is -2.30. The molecule has 0 fully saturated rings. The third-order valence-electron chi connectivity index (χ3n) is 3.27. The van der Waals surface area contributed by atoms with Gasteiger partial charge in [0, 0.05) is 25.0 Å². The molecule has 2 N–H and O–H groups in total. The van der Waals surface area contributed by atoms with E-state index in [1.165, 1.54) is 0 Å². The number of carboxylic acid groups (broad SMARTS) is 1. The number of aliphatic carboxylic acids is 1. The van der Waals surface area contributed by atoms with Crippen molar-refractivity contribution in [1.82, 2.24) is 5.32 Å². The number of unbranched alkanes of at least 4 members (excludes halogenated alkanes) is 2. The fourth-order valence-corrected chi connectivity index (χ4v) is 1.96. The quantitative estimate of drug-likeness (QED) is 0.345. The number of nitrogens with one attached hydrogen (secondary N) is 1. The zero-order valence-corrected chi connectivity index (χ0v) is 13.1. The molecule has 1 amide bonds. The van der Waals surface area contributed by atoms with Gasteiger partial charge >= 0.3 is 5.97 Å². The average molecular weight is 285 g/mol. The molecule has 5 nitrogen and oxygen atoms in total. The summed E-state index contributed by atoms with van der Waals surface area (Å²) in [5.74, 6) is -0.795. The summed E-state index contributed by atoms with van der Waals surface area (Å²) in [5.41, 5.74) is 0.539. The van der Waals surface area contributed by atoms with Crippen LogP contribution in [0.15, 0.2) is 12.2 Å². The minimum atomic E-state index is -0.716. The van der Waals surface area contributed by atoms with E-state index < -0.39 is 5.97 Å². The standard InChI is InChI=1S/C15H28N2O3/c1-13(2)15(20)16-10-8-12-17(3,4)11-7-5-6-9-14(18)19/h1,5-12H2,2-4H3,(H-,16,18,19,20)/p+1. The second-order valence-corrected chi connectivity index (χ2v) is 5.98. The number of hydrogen-bond donors (Lipinski definition) is 2. The highest BCUT2D eigenvalue weighted by atomic mass is 16.4. The number of carbonyl (C=O) groups is 2. The van der Waals surface area contributed by atoms with Crippen molar-refractivity contribution in [2.45, 2.75) is 39.0 Å². The summed E-state index contributed by atoms with van der Waals surface area (Å²) >= 11 is 0. The fraction of sp³-hybridized carbons (Fsp3) is 0.733. The van der Waals surface area contributed by atoms with Crippen molar-refractivity contribution in [2.75, 3.05) is 33.7 Å². The molecule has 0 rings (SSSR count). The zero-order valence-electron chi connectivity index (χ0n) is 13.1. The highest BCUT2D eigenvalue weighted by Gasteiger charge is 2.14. The molecule has 0 bridgehead atoms. The summed E-state index contributed by atoms with van der Waals surface area (Å²) in [6.45, 7) is 8.00. The van der Waals surface area contributed by atoms with E-state index in [1.807, 2.05) is 0 Å². The lowest BCUT2D eigenvalue weighted by atomic mass is 10.2. The number of rotatable bonds is 11. The number of carboxylic acids is 1. The minimum absolute atomic E-state index is 0.0797. The molecular formula is C15H29N2O3+. The fourth-order valence-electron chi connectivity index (χ4n) is 1.96. The van der Waals surface area contributed by atoms with Crippen LogP contribution in [0.5, 0.6) is 0 Å². The van der Waals surface area contributed by atoms with E-state index >= 15 is 0 Å². The molecular weight excluding hydrogens is 256 g/mol. The maximum absolute atomic E-state index is 11.3. The molecule has 0 aromatic rings. The minimum Gasteiger partial charge on any atom is -0.481 e. The molecule has 116 valence electrons. The van der Waals surface area contributed by atoms with E-state index in [2.05, 4.69) is 26.0 Å². The molecule has 0 unspecified atom stereocenters. The Morgan fingerprint density at radius 1 is 1.10 bits per heavy atom. The first-order valence-electron chi connectivity index (χ1n) is 7.22. The van der Waals surface area contributed by atoms with Gasteiger partial charge in [-0.2, -0.15) is 0 Å². The van der Waals surface area contributed by atoms with Gasteiger partial charge in [-0.1, -0.05) is 6.58 Å². The van der Waals surface area contributed by atoms with Crippen LogP contribution in [0, 0.1) is 0 Å². The summed E-state index contributed by atoms with van der Waals surface area (Å²) in [6, 6.07) is 0. The molecule has 0 aliphatic heterocycles. The third kappa shape index (κ3) is 10.6. The lowest BCUT2D eigenvalue weighted by Crippen LogP contribution is -2.42. The summed E-state index contributed by atoms with van der Waals surface area (Å²) in [6.07, 6.45) is 3.95. The normalized spacial score (nSPS) is 11.2. The van der Waals surface area contributed by atoms with E-state index in [4.69, 9.17) is 5.11 Å². The van der Waals surface area contributed by atoms with Gasteiger partial charge in [-0.25, -0.2) is 0 Å². The average Bonchev–Trinajstić information content (AvgIpc) is 2.33. The highest BCUT2D eigenvalue weighted by Crippen LogP contribution is 2.06. The van der Waals surface area contributed by atoms with E-state index in [9.17, 15) is 9.59 Å². The van der Waals surface area contributed by atoms with Crippen LogP contribution in [0.25, 0.3) is 0 Å². The van der Waals surface area contributed by atoms with Gasteiger partial charge in [-0.05, 0) is 26.2 Å². The molecule has 0 aliphatic rings. The Labute approximate surface area is 122 Å². The van der Waals surface area contributed by atoms with Gasteiger partial charge in [0.2, 0.25) is 5.91 Å². The second kappa shape index (κ2) is 9.53. The summed E-state index contributed by atoms with van der Waals surface area (Å²) in [5, 5.41) is 11.4. The van der Waals surface area contributed by atoms with Gasteiger partial charge in [0.05, 0.1) is 27.2 Å². The number of amides is 1. The topological polar surface area (TPSA) is 66.4 Å². The molecule has 0 saturated heterocycles. The van der Waals surface area contributed by atoms with Crippen LogP contribution in [0.1, 0.15) is 39.0 Å². The molecule has 0 aromatic heterocycles. The van der Waals surface area contributed by atoms with E-state index in [-0.39, 0.29) is 12.3 Å². The van der Waals surface area contributed by atoms with Gasteiger partial charge in [-0.3, -0.25) is 9.59 Å². The van der Waals surface area contributed by atoms with E-state index in [1.54, 1.807) is 6.92 Å². The Hall–Kier alpha value is -1.36. The van der Waals surface area contributed by atoms with Gasteiger partial charge in [-0.15, -0.1) is 0 Å². The molecule has 0 heterocycles. The van der Waals surface area contributed by atoms with Crippen LogP contribution in [-0.2, 0) is 9.59 Å². The van der Waals surface area contributed by atoms with Crippen molar-refractivity contribution in [2.24, 2.45) is 0 Å². The molecule has 0 saturated carbocycles. The van der Waals surface area contributed by atoms with Gasteiger partial charge in [0.1, 0.15) is 0 Å². The Kier molecular flexibility index (Phi) is 8.88. The zero-order chi connectivity index (χ0) is 15.6. The van der Waals surface area contributed by atoms with Crippen molar-refractivity contribution < 1.29 is 19.2 Å². The largest absolute Gasteiger partial charge is 0.481 e. The van der Waals surface area contributed by atoms with Crippen molar-refractivity contribution in [1.29, 1.82) is 0 Å². The molecule has 0 atom stereocenters. The predicted molar refractivity (Wildman–Crippen MR) is 80.4 cm³/mol. The molecule has 0 aromatic carbocycles. The number of hydrogen-bond acceptors (Lipinski definition) is 2. The first-order chi connectivity index (χ1) is 9.24. The summed E-state index contributed by atoms with van der Waals surface area (Å²) in [4.78, 5) is 21.7. The van der Waals surface area contributed by atoms with Crippen LogP contribution >= 0.6 is 0 Å². The van der Waals surface area contributed by atoms with Gasteiger partial charge in [0.25, 0.3) is 0 Å². The predicted octanol–water partition coefficient (Wildman–Crippen LogP) is 1.79. The molecule has 0 radical (unpaired) electrons. The monoisotopic (exact) mass is 285 g/mol. The maximum atomic E-state index is 11.3. The first-order valence-corrected chi connectivity index (χ1v) is 7.22. The molecule has 20 heavy (non-hydrogen) atoms. The Morgan fingerprint density at radius 2 is 1.70 bits per heavy atom. The maximum Gasteiger partial charge on any atom is 0.303 e. The Balaban J connectivity index is 3.66. The van der Waals surface area contributed by atoms with Gasteiger partial charge < -0.3 is 14.9 Å². The SMILES string of the molecule is C=C(C)C(=O)NCCC[N+](C)(C)CCCCCC(=O)O. The van der Waals surface area contributed by atoms with Crippen LogP contribution in [0.3, 0.4) is 0 Å². The summed E-state index contributed by atoms with van der Waals surface area (Å²) in [7, 11) is 4.33. The van der Waals surface area contributed by atoms with Gasteiger partial charge in [0.15, 0.2) is 0 Å². The van der Waals surface area contributed by atoms with Crippen molar-refractivity contribution in [3.05, 3.63) is 12.2 Å². The third-order valence-corrected chi connectivity index (χ3v) is 3.27.